The molecule has 0 amide bonds. The van der Waals surface area contributed by atoms with Crippen LogP contribution in [-0.4, -0.2) is 41.5 Å². The Kier molecular flexibility index (Phi) is 2.91. The molecule has 0 aromatic carbocycles. The fraction of sp³-hybridized carbons (Fsp3) is 0.222. The van der Waals surface area contributed by atoms with E-state index in [9.17, 15) is 8.42 Å². The van der Waals surface area contributed by atoms with E-state index in [0.29, 0.717) is 5.82 Å². The second kappa shape index (κ2) is 4.26. The third-order valence-corrected chi connectivity index (χ3v) is 3.41. The van der Waals surface area contributed by atoms with Gasteiger partial charge in [-0.25, -0.2) is 18.4 Å². The molecule has 0 bridgehead atoms. The first kappa shape index (κ1) is 12.3. The van der Waals surface area contributed by atoms with Gasteiger partial charge in [-0.3, -0.25) is 0 Å². The average Bonchev–Trinajstić information content (AvgIpc) is 2.67. The Morgan fingerprint density at radius 2 is 2.17 bits per heavy atom. The highest BCUT2D eigenvalue weighted by atomic mass is 32.2. The zero-order valence-corrected chi connectivity index (χ0v) is 10.6. The van der Waals surface area contributed by atoms with E-state index < -0.39 is 9.84 Å². The molecule has 0 aliphatic heterocycles. The van der Waals surface area contributed by atoms with Crippen LogP contribution in [0.15, 0.2) is 23.5 Å². The molecule has 2 aromatic heterocycles. The van der Waals surface area contributed by atoms with Crippen molar-refractivity contribution in [3.63, 3.8) is 0 Å². The first-order valence-electron chi connectivity index (χ1n) is 4.98. The van der Waals surface area contributed by atoms with E-state index in [2.05, 4.69) is 20.4 Å². The van der Waals surface area contributed by atoms with Crippen LogP contribution in [0, 0.1) is 0 Å². The minimum absolute atomic E-state index is 0.0144. The Balaban J connectivity index is 2.70. The molecule has 0 fully saturated rings. The summed E-state index contributed by atoms with van der Waals surface area (Å²) in [6.45, 7) is 0. The van der Waals surface area contributed by atoms with Gasteiger partial charge in [-0.1, -0.05) is 0 Å². The molecule has 0 spiro atoms. The van der Waals surface area contributed by atoms with Gasteiger partial charge in [-0.05, 0) is 0 Å². The third-order valence-electron chi connectivity index (χ3n) is 2.27. The Labute approximate surface area is 104 Å². The molecule has 2 aromatic rings. The summed E-state index contributed by atoms with van der Waals surface area (Å²) in [5.41, 5.74) is 5.82. The van der Waals surface area contributed by atoms with Crippen molar-refractivity contribution in [1.82, 2.24) is 19.7 Å². The quantitative estimate of drug-likeness (QED) is 0.784. The molecule has 96 valence electrons. The molecule has 0 aliphatic carbocycles. The van der Waals surface area contributed by atoms with E-state index in [1.54, 1.807) is 13.1 Å². The van der Waals surface area contributed by atoms with Crippen LogP contribution in [0.2, 0.25) is 0 Å². The van der Waals surface area contributed by atoms with Crippen molar-refractivity contribution in [2.45, 2.75) is 4.90 Å². The topological polar surface area (TPSA) is 116 Å². The van der Waals surface area contributed by atoms with Gasteiger partial charge in [0.05, 0.1) is 0 Å². The second-order valence-corrected chi connectivity index (χ2v) is 5.52. The zero-order valence-electron chi connectivity index (χ0n) is 9.82. The van der Waals surface area contributed by atoms with E-state index in [1.165, 1.54) is 17.2 Å². The smallest absolute Gasteiger partial charge is 0.182 e. The van der Waals surface area contributed by atoms with E-state index in [1.807, 2.05) is 0 Å². The van der Waals surface area contributed by atoms with Crippen molar-refractivity contribution in [3.8, 4) is 5.82 Å². The fourth-order valence-corrected chi connectivity index (χ4v) is 2.49. The van der Waals surface area contributed by atoms with Gasteiger partial charge < -0.3 is 11.1 Å². The summed E-state index contributed by atoms with van der Waals surface area (Å²) in [6.07, 6.45) is 3.92. The molecule has 0 radical (unpaired) electrons. The number of hydrogen-bond acceptors (Lipinski definition) is 7. The summed E-state index contributed by atoms with van der Waals surface area (Å²) in [6, 6.07) is 1.58. The number of hydrogen-bond donors (Lipinski definition) is 2. The van der Waals surface area contributed by atoms with Crippen LogP contribution in [0.5, 0.6) is 0 Å². The first-order valence-corrected chi connectivity index (χ1v) is 6.87. The minimum Gasteiger partial charge on any atom is -0.382 e. The number of nitrogens with two attached hydrogens (primary N) is 1. The monoisotopic (exact) mass is 268 g/mol. The van der Waals surface area contributed by atoms with Crippen LogP contribution in [0.1, 0.15) is 0 Å². The molecule has 2 heterocycles. The van der Waals surface area contributed by atoms with E-state index in [-0.39, 0.29) is 16.5 Å². The molecule has 2 rings (SSSR count). The van der Waals surface area contributed by atoms with Crippen LogP contribution in [0.4, 0.5) is 11.6 Å². The number of sulfone groups is 1. The number of nitrogen functional groups attached to an aromatic ring is 1. The predicted octanol–water partition coefficient (Wildman–Crippen LogP) is -0.310. The zero-order chi connectivity index (χ0) is 13.3. The van der Waals surface area contributed by atoms with Gasteiger partial charge in [-0.15, -0.1) is 5.10 Å². The van der Waals surface area contributed by atoms with Crippen molar-refractivity contribution < 1.29 is 8.42 Å². The highest BCUT2D eigenvalue weighted by Crippen LogP contribution is 2.28. The maximum absolute atomic E-state index is 11.7. The summed E-state index contributed by atoms with van der Waals surface area (Å²) in [7, 11) is -1.91. The lowest BCUT2D eigenvalue weighted by atomic mass is 10.5. The van der Waals surface area contributed by atoms with Gasteiger partial charge in [0, 0.05) is 25.6 Å². The van der Waals surface area contributed by atoms with Gasteiger partial charge in [0.2, 0.25) is 0 Å². The number of nitrogens with one attached hydrogen (secondary N) is 1. The summed E-state index contributed by atoms with van der Waals surface area (Å²) in [5.74, 6) is 0.600. The van der Waals surface area contributed by atoms with Crippen molar-refractivity contribution in [2.24, 2.45) is 0 Å². The largest absolute Gasteiger partial charge is 0.382 e. The number of aromatic nitrogens is 4. The highest BCUT2D eigenvalue weighted by molar-refractivity contribution is 7.91. The lowest BCUT2D eigenvalue weighted by Gasteiger charge is -2.02. The van der Waals surface area contributed by atoms with Crippen LogP contribution in [0.3, 0.4) is 0 Å². The Bertz CT molecular complexity index is 664. The van der Waals surface area contributed by atoms with E-state index in [4.69, 9.17) is 5.73 Å². The van der Waals surface area contributed by atoms with E-state index in [0.717, 1.165) is 6.26 Å². The SMILES string of the molecule is CNc1nn(-c2ccncn2)c(N)c1S(C)(=O)=O. The lowest BCUT2D eigenvalue weighted by molar-refractivity contribution is 0.602. The van der Waals surface area contributed by atoms with E-state index >= 15 is 0 Å². The van der Waals surface area contributed by atoms with Crippen molar-refractivity contribution in [1.29, 1.82) is 0 Å². The molecule has 0 atom stereocenters. The molecule has 18 heavy (non-hydrogen) atoms. The number of rotatable bonds is 3. The summed E-state index contributed by atoms with van der Waals surface area (Å²) in [5, 5.41) is 6.77. The van der Waals surface area contributed by atoms with Crippen LogP contribution >= 0.6 is 0 Å². The highest BCUT2D eigenvalue weighted by Gasteiger charge is 2.24. The lowest BCUT2D eigenvalue weighted by Crippen LogP contribution is -2.07. The molecule has 0 unspecified atom stereocenters. The van der Waals surface area contributed by atoms with Gasteiger partial charge in [0.25, 0.3) is 0 Å². The van der Waals surface area contributed by atoms with Gasteiger partial charge in [0.1, 0.15) is 12.1 Å². The second-order valence-electron chi connectivity index (χ2n) is 3.56. The minimum atomic E-state index is -3.48. The predicted molar refractivity (Wildman–Crippen MR) is 66.2 cm³/mol. The number of anilines is 2. The molecular weight excluding hydrogens is 256 g/mol. The van der Waals surface area contributed by atoms with Gasteiger partial charge in [-0.2, -0.15) is 4.68 Å². The Hall–Kier alpha value is -2.16. The molecule has 0 aliphatic rings. The molecular formula is C9H12N6O2S. The van der Waals surface area contributed by atoms with Crippen molar-refractivity contribution in [3.05, 3.63) is 18.6 Å². The maximum Gasteiger partial charge on any atom is 0.182 e. The standard InChI is InChI=1S/C9H12N6O2S/c1-11-9-7(18(2,16)17)8(10)15(14-9)6-3-4-12-5-13-6/h3-5H,10H2,1-2H3,(H,11,14). The summed E-state index contributed by atoms with van der Waals surface area (Å²) < 4.78 is 24.6. The molecule has 0 saturated carbocycles. The van der Waals surface area contributed by atoms with Gasteiger partial charge in [0.15, 0.2) is 26.4 Å². The molecule has 3 N–H and O–H groups in total. The Morgan fingerprint density at radius 3 is 2.61 bits per heavy atom. The van der Waals surface area contributed by atoms with Crippen molar-refractivity contribution in [2.75, 3.05) is 24.4 Å². The molecule has 9 heteroatoms. The van der Waals surface area contributed by atoms with Crippen molar-refractivity contribution >= 4 is 21.5 Å². The summed E-state index contributed by atoms with van der Waals surface area (Å²) in [4.78, 5) is 7.70. The third kappa shape index (κ3) is 1.99. The first-order chi connectivity index (χ1) is 8.45. The van der Waals surface area contributed by atoms with Crippen LogP contribution in [0.25, 0.3) is 5.82 Å². The van der Waals surface area contributed by atoms with Gasteiger partial charge >= 0.3 is 0 Å². The van der Waals surface area contributed by atoms with Crippen LogP contribution < -0.4 is 11.1 Å². The van der Waals surface area contributed by atoms with Crippen LogP contribution in [-0.2, 0) is 9.84 Å². The number of nitrogens with zero attached hydrogens (tertiary/aromatic N) is 4. The maximum atomic E-state index is 11.7. The molecule has 0 saturated heterocycles. The fourth-order valence-electron chi connectivity index (χ4n) is 1.53. The Morgan fingerprint density at radius 1 is 1.44 bits per heavy atom. The normalized spacial score (nSPS) is 11.4. The summed E-state index contributed by atoms with van der Waals surface area (Å²) >= 11 is 0. The molecule has 8 nitrogen and oxygen atoms in total. The average molecular weight is 268 g/mol.